The Morgan fingerprint density at radius 2 is 2.33 bits per heavy atom. The Morgan fingerprint density at radius 3 is 3.00 bits per heavy atom. The second-order valence-corrected chi connectivity index (χ2v) is 5.54. The first-order chi connectivity index (χ1) is 8.69. The van der Waals surface area contributed by atoms with Crippen LogP contribution >= 0.6 is 11.3 Å². The lowest BCUT2D eigenvalue weighted by Crippen LogP contribution is -2.50. The number of carboxylic acid groups (broad SMARTS) is 1. The number of fused-ring (bicyclic) bond motifs is 1. The molecule has 1 saturated heterocycles. The van der Waals surface area contributed by atoms with Crippen LogP contribution < -0.4 is 4.90 Å². The number of carboxylic acids is 1. The third kappa shape index (κ3) is 1.73. The summed E-state index contributed by atoms with van der Waals surface area (Å²) in [5.41, 5.74) is 0. The molecule has 3 rings (SSSR count). The molecule has 0 aliphatic carbocycles. The smallest absolute Gasteiger partial charge is 0.310 e. The number of anilines is 1. The average molecular weight is 263 g/mol. The summed E-state index contributed by atoms with van der Waals surface area (Å²) in [6.45, 7) is 3.19. The van der Waals surface area contributed by atoms with E-state index in [4.69, 9.17) is 5.11 Å². The van der Waals surface area contributed by atoms with Gasteiger partial charge in [-0.1, -0.05) is 6.92 Å². The highest BCUT2D eigenvalue weighted by atomic mass is 32.1. The topological polar surface area (TPSA) is 66.3 Å². The summed E-state index contributed by atoms with van der Waals surface area (Å²) < 4.78 is 0. The summed E-state index contributed by atoms with van der Waals surface area (Å²) in [6, 6.07) is 2.11. The predicted octanol–water partition coefficient (Wildman–Crippen LogP) is 1.77. The fourth-order valence-corrected chi connectivity index (χ4v) is 3.06. The van der Waals surface area contributed by atoms with Crippen LogP contribution in [0.5, 0.6) is 0 Å². The molecule has 0 atom stereocenters. The van der Waals surface area contributed by atoms with E-state index in [1.807, 2.05) is 4.90 Å². The highest BCUT2D eigenvalue weighted by molar-refractivity contribution is 7.18. The Hall–Kier alpha value is -1.69. The summed E-state index contributed by atoms with van der Waals surface area (Å²) >= 11 is 1.68. The molecule has 6 heteroatoms. The van der Waals surface area contributed by atoms with Gasteiger partial charge in [-0.15, -0.1) is 11.3 Å². The molecule has 1 aliphatic heterocycles. The Morgan fingerprint density at radius 1 is 1.56 bits per heavy atom. The molecule has 0 aromatic carbocycles. The molecule has 0 bridgehead atoms. The quantitative estimate of drug-likeness (QED) is 0.914. The highest BCUT2D eigenvalue weighted by Gasteiger charge is 2.34. The van der Waals surface area contributed by atoms with Crippen molar-refractivity contribution in [2.45, 2.75) is 13.3 Å². The number of nitrogens with zero attached hydrogens (tertiary/aromatic N) is 3. The molecule has 1 N–H and O–H groups in total. The molecule has 0 unspecified atom stereocenters. The molecule has 3 heterocycles. The van der Waals surface area contributed by atoms with Crippen molar-refractivity contribution >= 4 is 33.3 Å². The summed E-state index contributed by atoms with van der Waals surface area (Å²) in [4.78, 5) is 23.7. The fourth-order valence-electron chi connectivity index (χ4n) is 2.13. The summed E-state index contributed by atoms with van der Waals surface area (Å²) in [5.74, 6) is -0.121. The second-order valence-electron chi connectivity index (χ2n) is 4.42. The van der Waals surface area contributed by atoms with Crippen LogP contribution in [0.25, 0.3) is 10.2 Å². The van der Waals surface area contributed by atoms with Crippen molar-refractivity contribution in [3.63, 3.8) is 0 Å². The number of aromatic nitrogens is 2. The summed E-state index contributed by atoms with van der Waals surface area (Å²) in [7, 11) is 0. The number of hydrogen-bond acceptors (Lipinski definition) is 5. The summed E-state index contributed by atoms with van der Waals surface area (Å²) in [6.07, 6.45) is 2.54. The third-order valence-corrected chi connectivity index (χ3v) is 4.43. The van der Waals surface area contributed by atoms with Gasteiger partial charge in [0.2, 0.25) is 0 Å². The van der Waals surface area contributed by atoms with Crippen LogP contribution in [0.15, 0.2) is 12.4 Å². The van der Waals surface area contributed by atoms with E-state index in [-0.39, 0.29) is 5.92 Å². The average Bonchev–Trinajstić information content (AvgIpc) is 2.70. The maximum absolute atomic E-state index is 10.8. The van der Waals surface area contributed by atoms with Crippen LogP contribution in [0.3, 0.4) is 0 Å². The monoisotopic (exact) mass is 263 g/mol. The predicted molar refractivity (Wildman–Crippen MR) is 70.1 cm³/mol. The third-order valence-electron chi connectivity index (χ3n) is 3.24. The number of carbonyl (C=O) groups is 1. The fraction of sp³-hybridized carbons (Fsp3) is 0.417. The minimum Gasteiger partial charge on any atom is -0.481 e. The zero-order chi connectivity index (χ0) is 12.7. The Labute approximate surface area is 108 Å². The number of rotatable bonds is 3. The van der Waals surface area contributed by atoms with E-state index in [2.05, 4.69) is 23.0 Å². The molecule has 94 valence electrons. The standard InChI is InChI=1S/C12H13N3O2S/c1-2-8-3-9-10(13-6-14-11(9)18-8)15-4-7(5-15)12(16)17/h3,6-7H,2,4-5H2,1H3,(H,16,17). The molecule has 0 radical (unpaired) electrons. The van der Waals surface area contributed by atoms with Gasteiger partial charge in [-0.3, -0.25) is 4.79 Å². The van der Waals surface area contributed by atoms with Gasteiger partial charge < -0.3 is 10.0 Å². The minimum absolute atomic E-state index is 0.265. The highest BCUT2D eigenvalue weighted by Crippen LogP contribution is 2.33. The van der Waals surface area contributed by atoms with E-state index in [1.54, 1.807) is 17.7 Å². The van der Waals surface area contributed by atoms with Gasteiger partial charge in [-0.05, 0) is 12.5 Å². The molecule has 0 saturated carbocycles. The largest absolute Gasteiger partial charge is 0.481 e. The van der Waals surface area contributed by atoms with Crippen molar-refractivity contribution in [1.29, 1.82) is 0 Å². The molecule has 1 aliphatic rings. The van der Waals surface area contributed by atoms with Crippen molar-refractivity contribution < 1.29 is 9.90 Å². The summed E-state index contributed by atoms with van der Waals surface area (Å²) in [5, 5.41) is 9.94. The lowest BCUT2D eigenvalue weighted by Gasteiger charge is -2.37. The van der Waals surface area contributed by atoms with Crippen LogP contribution in [-0.4, -0.2) is 34.1 Å². The van der Waals surface area contributed by atoms with Crippen molar-refractivity contribution in [2.24, 2.45) is 5.92 Å². The van der Waals surface area contributed by atoms with Crippen LogP contribution in [0.4, 0.5) is 5.82 Å². The van der Waals surface area contributed by atoms with E-state index in [1.165, 1.54) is 4.88 Å². The van der Waals surface area contributed by atoms with Crippen LogP contribution in [0.2, 0.25) is 0 Å². The molecular formula is C12H13N3O2S. The molecular weight excluding hydrogens is 250 g/mol. The zero-order valence-electron chi connectivity index (χ0n) is 9.96. The Bertz CT molecular complexity index is 604. The van der Waals surface area contributed by atoms with Gasteiger partial charge in [-0.25, -0.2) is 9.97 Å². The van der Waals surface area contributed by atoms with Crippen LogP contribution in [-0.2, 0) is 11.2 Å². The molecule has 18 heavy (non-hydrogen) atoms. The first kappa shape index (κ1) is 11.4. The SMILES string of the molecule is CCc1cc2c(N3CC(C(=O)O)C3)ncnc2s1. The maximum Gasteiger partial charge on any atom is 0.310 e. The lowest BCUT2D eigenvalue weighted by molar-refractivity contribution is -0.142. The van der Waals surface area contributed by atoms with Gasteiger partial charge in [0, 0.05) is 18.0 Å². The van der Waals surface area contributed by atoms with Gasteiger partial charge in [0.15, 0.2) is 0 Å². The van der Waals surface area contributed by atoms with Gasteiger partial charge in [-0.2, -0.15) is 0 Å². The Balaban J connectivity index is 1.93. The minimum atomic E-state index is -0.726. The molecule has 2 aromatic rings. The van der Waals surface area contributed by atoms with Crippen molar-refractivity contribution in [3.05, 3.63) is 17.3 Å². The van der Waals surface area contributed by atoms with Gasteiger partial charge >= 0.3 is 5.97 Å². The first-order valence-corrected chi connectivity index (χ1v) is 6.72. The van der Waals surface area contributed by atoms with Crippen LogP contribution in [0, 0.1) is 5.92 Å². The van der Waals surface area contributed by atoms with Crippen molar-refractivity contribution in [1.82, 2.24) is 9.97 Å². The van der Waals surface area contributed by atoms with Crippen molar-refractivity contribution in [3.8, 4) is 0 Å². The van der Waals surface area contributed by atoms with E-state index >= 15 is 0 Å². The molecule has 0 amide bonds. The van der Waals surface area contributed by atoms with Crippen LogP contribution in [0.1, 0.15) is 11.8 Å². The molecule has 2 aromatic heterocycles. The lowest BCUT2D eigenvalue weighted by atomic mass is 10.0. The zero-order valence-corrected chi connectivity index (χ0v) is 10.8. The van der Waals surface area contributed by atoms with E-state index in [0.717, 1.165) is 22.5 Å². The van der Waals surface area contributed by atoms with E-state index in [9.17, 15) is 4.79 Å². The maximum atomic E-state index is 10.8. The van der Waals surface area contributed by atoms with Crippen molar-refractivity contribution in [2.75, 3.05) is 18.0 Å². The van der Waals surface area contributed by atoms with Gasteiger partial charge in [0.25, 0.3) is 0 Å². The molecule has 0 spiro atoms. The van der Waals surface area contributed by atoms with Gasteiger partial charge in [0.05, 0.1) is 11.3 Å². The van der Waals surface area contributed by atoms with E-state index in [0.29, 0.717) is 13.1 Å². The molecule has 5 nitrogen and oxygen atoms in total. The Kier molecular flexibility index (Phi) is 2.66. The normalized spacial score (nSPS) is 15.9. The number of aliphatic carboxylic acids is 1. The number of aryl methyl sites for hydroxylation is 1. The first-order valence-electron chi connectivity index (χ1n) is 5.90. The van der Waals surface area contributed by atoms with E-state index < -0.39 is 5.97 Å². The second kappa shape index (κ2) is 4.20. The van der Waals surface area contributed by atoms with Gasteiger partial charge in [0.1, 0.15) is 17.0 Å². The number of thiophene rings is 1. The number of hydrogen-bond donors (Lipinski definition) is 1. The molecule has 1 fully saturated rings.